The molecule has 0 amide bonds. The van der Waals surface area contributed by atoms with E-state index in [0.717, 1.165) is 18.5 Å². The van der Waals surface area contributed by atoms with E-state index in [1.807, 2.05) is 23.6 Å². The topological polar surface area (TPSA) is 24.9 Å². The molecule has 1 atom stereocenters. The van der Waals surface area contributed by atoms with Crippen molar-refractivity contribution in [2.45, 2.75) is 19.4 Å². The van der Waals surface area contributed by atoms with Crippen LogP contribution in [0.1, 0.15) is 23.4 Å². The molecule has 102 valence electrons. The molecule has 1 unspecified atom stereocenters. The molecule has 1 aromatic carbocycles. The molecule has 3 rings (SSSR count). The Kier molecular flexibility index (Phi) is 4.09. The van der Waals surface area contributed by atoms with E-state index in [0.29, 0.717) is 6.04 Å². The first-order valence-corrected chi connectivity index (χ1v) is 7.86. The lowest BCUT2D eigenvalue weighted by Crippen LogP contribution is -2.23. The van der Waals surface area contributed by atoms with E-state index in [1.165, 1.54) is 15.8 Å². The molecule has 3 aromatic rings. The molecule has 0 aliphatic heterocycles. The van der Waals surface area contributed by atoms with Gasteiger partial charge in [0.25, 0.3) is 0 Å². The van der Waals surface area contributed by atoms with Crippen molar-refractivity contribution in [1.82, 2.24) is 10.3 Å². The van der Waals surface area contributed by atoms with Gasteiger partial charge >= 0.3 is 0 Å². The number of nitrogens with zero attached hydrogens (tertiary/aromatic N) is 1. The highest BCUT2D eigenvalue weighted by Crippen LogP contribution is 2.26. The number of aromatic nitrogens is 1. The minimum atomic E-state index is 0.317. The third-order valence-corrected chi connectivity index (χ3v) is 4.37. The molecule has 3 heteroatoms. The molecular formula is C17H18N2S. The number of likely N-dealkylation sites (N-methyl/N-ethyl adjacent to an activating group) is 1. The molecule has 0 fully saturated rings. The maximum atomic E-state index is 4.58. The quantitative estimate of drug-likeness (QED) is 0.759. The van der Waals surface area contributed by atoms with Crippen molar-refractivity contribution in [3.8, 4) is 0 Å². The molecule has 0 saturated heterocycles. The van der Waals surface area contributed by atoms with Crippen molar-refractivity contribution < 1.29 is 0 Å². The molecule has 2 nitrogen and oxygen atoms in total. The summed E-state index contributed by atoms with van der Waals surface area (Å²) in [5, 5.41) is 6.94. The van der Waals surface area contributed by atoms with Crippen LogP contribution in [-0.4, -0.2) is 11.5 Å². The summed E-state index contributed by atoms with van der Waals surface area (Å²) < 4.78 is 0. The zero-order chi connectivity index (χ0) is 13.8. The Morgan fingerprint density at radius 3 is 2.85 bits per heavy atom. The third-order valence-electron chi connectivity index (χ3n) is 3.48. The van der Waals surface area contributed by atoms with E-state index in [4.69, 9.17) is 0 Å². The van der Waals surface area contributed by atoms with E-state index >= 15 is 0 Å². The summed E-state index contributed by atoms with van der Waals surface area (Å²) >= 11 is 1.82. The second-order valence-corrected chi connectivity index (χ2v) is 5.85. The van der Waals surface area contributed by atoms with Crippen molar-refractivity contribution in [2.75, 3.05) is 6.54 Å². The third kappa shape index (κ3) is 2.74. The second kappa shape index (κ2) is 6.16. The van der Waals surface area contributed by atoms with Gasteiger partial charge < -0.3 is 5.32 Å². The van der Waals surface area contributed by atoms with Crippen LogP contribution in [0, 0.1) is 0 Å². The fraction of sp³-hybridized carbons (Fsp3) is 0.235. The van der Waals surface area contributed by atoms with Gasteiger partial charge in [0, 0.05) is 28.9 Å². The van der Waals surface area contributed by atoms with Crippen LogP contribution < -0.4 is 5.32 Å². The summed E-state index contributed by atoms with van der Waals surface area (Å²) in [5.74, 6) is 0. The first-order valence-electron chi connectivity index (χ1n) is 6.98. The van der Waals surface area contributed by atoms with Crippen LogP contribution in [0.2, 0.25) is 0 Å². The van der Waals surface area contributed by atoms with Crippen LogP contribution in [0.5, 0.6) is 0 Å². The average molecular weight is 282 g/mol. The highest BCUT2D eigenvalue weighted by Gasteiger charge is 2.15. The second-order valence-electron chi connectivity index (χ2n) is 4.82. The van der Waals surface area contributed by atoms with Crippen molar-refractivity contribution in [2.24, 2.45) is 0 Å². The monoisotopic (exact) mass is 282 g/mol. The standard InChI is InChI=1S/C17H18N2S/c1-2-18-16(12-14-8-5-11-20-14)15-9-3-6-13-7-4-10-19-17(13)15/h3-11,16,18H,2,12H2,1H3. The van der Waals surface area contributed by atoms with E-state index in [1.54, 1.807) is 0 Å². The number of benzene rings is 1. The van der Waals surface area contributed by atoms with Gasteiger partial charge in [0.2, 0.25) is 0 Å². The van der Waals surface area contributed by atoms with Gasteiger partial charge in [-0.05, 0) is 29.6 Å². The van der Waals surface area contributed by atoms with Gasteiger partial charge in [0.15, 0.2) is 0 Å². The summed E-state index contributed by atoms with van der Waals surface area (Å²) in [6.45, 7) is 3.11. The van der Waals surface area contributed by atoms with Gasteiger partial charge in [0.05, 0.1) is 5.52 Å². The number of para-hydroxylation sites is 1. The number of thiophene rings is 1. The van der Waals surface area contributed by atoms with Crippen molar-refractivity contribution in [3.63, 3.8) is 0 Å². The molecule has 0 bridgehead atoms. The van der Waals surface area contributed by atoms with Gasteiger partial charge in [-0.15, -0.1) is 11.3 Å². The van der Waals surface area contributed by atoms with Gasteiger partial charge in [-0.1, -0.05) is 37.3 Å². The highest BCUT2D eigenvalue weighted by atomic mass is 32.1. The van der Waals surface area contributed by atoms with Gasteiger partial charge in [0.1, 0.15) is 0 Å². The van der Waals surface area contributed by atoms with Crippen molar-refractivity contribution in [1.29, 1.82) is 0 Å². The Labute approximate surface area is 123 Å². The van der Waals surface area contributed by atoms with Gasteiger partial charge in [-0.3, -0.25) is 4.98 Å². The van der Waals surface area contributed by atoms with Gasteiger partial charge in [-0.2, -0.15) is 0 Å². The molecule has 0 radical (unpaired) electrons. The summed E-state index contributed by atoms with van der Waals surface area (Å²) in [5.41, 5.74) is 2.40. The van der Waals surface area contributed by atoms with Crippen LogP contribution in [0.25, 0.3) is 10.9 Å². The summed E-state index contributed by atoms with van der Waals surface area (Å²) in [7, 11) is 0. The van der Waals surface area contributed by atoms with Crippen LogP contribution in [0.4, 0.5) is 0 Å². The average Bonchev–Trinajstić information content (AvgIpc) is 2.99. The predicted octanol–water partition coefficient (Wildman–Crippen LogP) is 4.19. The van der Waals surface area contributed by atoms with E-state index < -0.39 is 0 Å². The van der Waals surface area contributed by atoms with Crippen LogP contribution in [0.3, 0.4) is 0 Å². The lowest BCUT2D eigenvalue weighted by molar-refractivity contribution is 0.556. The van der Waals surface area contributed by atoms with E-state index in [-0.39, 0.29) is 0 Å². The Morgan fingerprint density at radius 1 is 1.15 bits per heavy atom. The zero-order valence-electron chi connectivity index (χ0n) is 11.5. The molecule has 0 spiro atoms. The lowest BCUT2D eigenvalue weighted by Gasteiger charge is -2.19. The predicted molar refractivity (Wildman–Crippen MR) is 86.2 cm³/mol. The summed E-state index contributed by atoms with van der Waals surface area (Å²) in [6.07, 6.45) is 2.89. The maximum Gasteiger partial charge on any atom is 0.0749 e. The number of hydrogen-bond acceptors (Lipinski definition) is 3. The van der Waals surface area contributed by atoms with Crippen LogP contribution in [0.15, 0.2) is 54.0 Å². The van der Waals surface area contributed by atoms with Crippen LogP contribution in [-0.2, 0) is 6.42 Å². The Morgan fingerprint density at radius 2 is 2.05 bits per heavy atom. The minimum absolute atomic E-state index is 0.317. The molecule has 0 aliphatic rings. The fourth-order valence-electron chi connectivity index (χ4n) is 2.58. The zero-order valence-corrected chi connectivity index (χ0v) is 12.4. The Bertz CT molecular complexity index is 671. The molecule has 20 heavy (non-hydrogen) atoms. The fourth-order valence-corrected chi connectivity index (χ4v) is 3.33. The van der Waals surface area contributed by atoms with Crippen molar-refractivity contribution in [3.05, 3.63) is 64.5 Å². The molecule has 0 aliphatic carbocycles. The van der Waals surface area contributed by atoms with Gasteiger partial charge in [-0.25, -0.2) is 0 Å². The largest absolute Gasteiger partial charge is 0.310 e. The number of hydrogen-bond donors (Lipinski definition) is 1. The lowest BCUT2D eigenvalue weighted by atomic mass is 9.99. The summed E-state index contributed by atoms with van der Waals surface area (Å²) in [4.78, 5) is 5.98. The molecule has 0 saturated carbocycles. The normalized spacial score (nSPS) is 12.7. The Hall–Kier alpha value is -1.71. The highest BCUT2D eigenvalue weighted by molar-refractivity contribution is 7.09. The molecule has 2 heterocycles. The molecule has 1 N–H and O–H groups in total. The van der Waals surface area contributed by atoms with Crippen LogP contribution >= 0.6 is 11.3 Å². The first-order chi connectivity index (χ1) is 9.88. The molecule has 2 aromatic heterocycles. The SMILES string of the molecule is CCNC(Cc1cccs1)c1cccc2cccnc12. The first kappa shape index (κ1) is 13.3. The number of pyridine rings is 1. The number of nitrogens with one attached hydrogen (secondary N) is 1. The minimum Gasteiger partial charge on any atom is -0.310 e. The summed E-state index contributed by atoms with van der Waals surface area (Å²) in [6, 6.07) is 15.2. The van der Waals surface area contributed by atoms with E-state index in [9.17, 15) is 0 Å². The molecular weight excluding hydrogens is 264 g/mol. The number of rotatable bonds is 5. The van der Waals surface area contributed by atoms with E-state index in [2.05, 4.69) is 59.0 Å². The number of fused-ring (bicyclic) bond motifs is 1. The maximum absolute atomic E-state index is 4.58. The van der Waals surface area contributed by atoms with Crippen molar-refractivity contribution >= 4 is 22.2 Å². The Balaban J connectivity index is 2.00. The smallest absolute Gasteiger partial charge is 0.0749 e.